The van der Waals surface area contributed by atoms with E-state index in [9.17, 15) is 4.79 Å². The highest BCUT2D eigenvalue weighted by Crippen LogP contribution is 2.11. The van der Waals surface area contributed by atoms with Gasteiger partial charge in [0.15, 0.2) is 0 Å². The summed E-state index contributed by atoms with van der Waals surface area (Å²) in [6.45, 7) is 0.587. The Hall–Kier alpha value is -1.71. The van der Waals surface area contributed by atoms with Gasteiger partial charge in [0, 0.05) is 12.1 Å². The first kappa shape index (κ1) is 8.87. The summed E-state index contributed by atoms with van der Waals surface area (Å²) in [6.07, 6.45) is 0.357. The Morgan fingerprint density at radius 1 is 1.43 bits per heavy atom. The van der Waals surface area contributed by atoms with E-state index >= 15 is 0 Å². The zero-order chi connectivity index (χ0) is 9.97. The van der Waals surface area contributed by atoms with Crippen LogP contribution in [0.15, 0.2) is 24.3 Å². The molecule has 1 aliphatic rings. The number of hydrogen-bond donors (Lipinski definition) is 2. The molecule has 14 heavy (non-hydrogen) atoms. The van der Waals surface area contributed by atoms with Crippen LogP contribution in [0.25, 0.3) is 0 Å². The molecule has 0 aliphatic carbocycles. The summed E-state index contributed by atoms with van der Waals surface area (Å²) in [6, 6.07) is 7.59. The zero-order valence-corrected chi connectivity index (χ0v) is 7.69. The lowest BCUT2D eigenvalue weighted by Gasteiger charge is -2.07. The molecule has 1 heterocycles. The highest BCUT2D eigenvalue weighted by Gasteiger charge is 2.22. The highest BCUT2D eigenvalue weighted by molar-refractivity contribution is 5.69. The van der Waals surface area contributed by atoms with Gasteiger partial charge in [0.2, 0.25) is 0 Å². The summed E-state index contributed by atoms with van der Waals surface area (Å²) in [7, 11) is 0. The molecule has 1 atom stereocenters. The van der Waals surface area contributed by atoms with Crippen molar-refractivity contribution in [1.29, 1.82) is 0 Å². The number of nitrogen functional groups attached to an aromatic ring is 1. The summed E-state index contributed by atoms with van der Waals surface area (Å²) in [5.41, 5.74) is 7.43. The lowest BCUT2D eigenvalue weighted by molar-refractivity contribution is 0.140. The predicted octanol–water partition coefficient (Wildman–Crippen LogP) is 0.920. The van der Waals surface area contributed by atoms with Crippen LogP contribution in [0, 0.1) is 0 Å². The van der Waals surface area contributed by atoms with Crippen molar-refractivity contribution in [3.8, 4) is 0 Å². The maximum Gasteiger partial charge on any atom is 0.407 e. The van der Waals surface area contributed by atoms with Gasteiger partial charge >= 0.3 is 6.09 Å². The van der Waals surface area contributed by atoms with Crippen LogP contribution in [-0.2, 0) is 11.2 Å². The van der Waals surface area contributed by atoms with E-state index in [0.29, 0.717) is 6.54 Å². The molecule has 1 aromatic carbocycles. The van der Waals surface area contributed by atoms with Crippen LogP contribution in [0.1, 0.15) is 5.56 Å². The second-order valence-corrected chi connectivity index (χ2v) is 3.35. The number of cyclic esters (lactones) is 1. The number of carbonyl (C=O) groups is 1. The molecule has 1 unspecified atom stereocenters. The second-order valence-electron chi connectivity index (χ2n) is 3.35. The van der Waals surface area contributed by atoms with Gasteiger partial charge in [-0.1, -0.05) is 12.1 Å². The van der Waals surface area contributed by atoms with Gasteiger partial charge in [-0.15, -0.1) is 0 Å². The van der Waals surface area contributed by atoms with E-state index in [2.05, 4.69) is 5.32 Å². The van der Waals surface area contributed by atoms with Crippen LogP contribution >= 0.6 is 0 Å². The Bertz CT molecular complexity index is 334. The highest BCUT2D eigenvalue weighted by atomic mass is 16.6. The molecule has 4 nitrogen and oxygen atoms in total. The van der Waals surface area contributed by atoms with Crippen LogP contribution in [0.2, 0.25) is 0 Å². The third kappa shape index (κ3) is 1.96. The molecule has 0 radical (unpaired) electrons. The molecule has 74 valence electrons. The summed E-state index contributed by atoms with van der Waals surface area (Å²) in [5.74, 6) is 0. The maximum atomic E-state index is 10.7. The standard InChI is InChI=1S/C10H12N2O2/c11-8-3-1-7(2-4-8)5-9-6-12-10(13)14-9/h1-4,9H,5-6,11H2,(H,12,13). The van der Waals surface area contributed by atoms with Crippen LogP contribution in [0.4, 0.5) is 10.5 Å². The first-order valence-corrected chi connectivity index (χ1v) is 4.53. The number of anilines is 1. The topological polar surface area (TPSA) is 64.3 Å². The fourth-order valence-electron chi connectivity index (χ4n) is 1.46. The second kappa shape index (κ2) is 3.57. The summed E-state index contributed by atoms with van der Waals surface area (Å²) < 4.78 is 5.01. The van der Waals surface area contributed by atoms with Crippen molar-refractivity contribution in [1.82, 2.24) is 5.32 Å². The molecule has 3 N–H and O–H groups in total. The molecule has 1 aliphatic heterocycles. The number of ether oxygens (including phenoxy) is 1. The van der Waals surface area contributed by atoms with Crippen molar-refractivity contribution in [3.05, 3.63) is 29.8 Å². The zero-order valence-electron chi connectivity index (χ0n) is 7.69. The molecule has 2 rings (SSSR count). The van der Waals surface area contributed by atoms with Crippen LogP contribution in [0.5, 0.6) is 0 Å². The fraction of sp³-hybridized carbons (Fsp3) is 0.300. The van der Waals surface area contributed by atoms with E-state index in [1.165, 1.54) is 0 Å². The molecule has 0 aromatic heterocycles. The van der Waals surface area contributed by atoms with Gasteiger partial charge in [0.1, 0.15) is 6.10 Å². The fourth-order valence-corrected chi connectivity index (χ4v) is 1.46. The van der Waals surface area contributed by atoms with Gasteiger partial charge < -0.3 is 15.8 Å². The molecule has 1 saturated heterocycles. The Morgan fingerprint density at radius 3 is 2.71 bits per heavy atom. The minimum atomic E-state index is -0.328. The normalized spacial score (nSPS) is 20.3. The molecule has 1 amide bonds. The van der Waals surface area contributed by atoms with E-state index in [4.69, 9.17) is 10.5 Å². The van der Waals surface area contributed by atoms with Gasteiger partial charge in [-0.3, -0.25) is 0 Å². The summed E-state index contributed by atoms with van der Waals surface area (Å²) in [5, 5.41) is 2.62. The van der Waals surface area contributed by atoms with Gasteiger partial charge in [-0.05, 0) is 17.7 Å². The first-order valence-electron chi connectivity index (χ1n) is 4.53. The summed E-state index contributed by atoms with van der Waals surface area (Å²) in [4.78, 5) is 10.7. The average molecular weight is 192 g/mol. The van der Waals surface area contributed by atoms with Crippen molar-refractivity contribution >= 4 is 11.8 Å². The van der Waals surface area contributed by atoms with E-state index in [-0.39, 0.29) is 12.2 Å². The molecule has 1 fully saturated rings. The Balaban J connectivity index is 1.97. The van der Waals surface area contributed by atoms with E-state index in [1.54, 1.807) is 0 Å². The van der Waals surface area contributed by atoms with E-state index in [0.717, 1.165) is 17.7 Å². The molecule has 0 saturated carbocycles. The number of carbonyl (C=O) groups excluding carboxylic acids is 1. The number of alkyl carbamates (subject to hydrolysis) is 1. The van der Waals surface area contributed by atoms with Crippen molar-refractivity contribution < 1.29 is 9.53 Å². The molecular weight excluding hydrogens is 180 g/mol. The van der Waals surface area contributed by atoms with Crippen molar-refractivity contribution in [2.24, 2.45) is 0 Å². The monoisotopic (exact) mass is 192 g/mol. The minimum absolute atomic E-state index is 0.0499. The number of hydrogen-bond acceptors (Lipinski definition) is 3. The van der Waals surface area contributed by atoms with E-state index < -0.39 is 0 Å². The van der Waals surface area contributed by atoms with Crippen molar-refractivity contribution in [2.75, 3.05) is 12.3 Å². The molecular formula is C10H12N2O2. The number of amides is 1. The largest absolute Gasteiger partial charge is 0.444 e. The number of nitrogens with one attached hydrogen (secondary N) is 1. The SMILES string of the molecule is Nc1ccc(CC2CNC(=O)O2)cc1. The minimum Gasteiger partial charge on any atom is -0.444 e. The average Bonchev–Trinajstić information content (AvgIpc) is 2.56. The van der Waals surface area contributed by atoms with Gasteiger partial charge in [-0.25, -0.2) is 4.79 Å². The molecule has 0 spiro atoms. The third-order valence-corrected chi connectivity index (χ3v) is 2.19. The number of rotatable bonds is 2. The lowest BCUT2D eigenvalue weighted by atomic mass is 10.1. The van der Waals surface area contributed by atoms with Gasteiger partial charge in [0.05, 0.1) is 6.54 Å². The summed E-state index contributed by atoms with van der Waals surface area (Å²) >= 11 is 0. The van der Waals surface area contributed by atoms with Crippen LogP contribution < -0.4 is 11.1 Å². The molecule has 1 aromatic rings. The maximum absolute atomic E-state index is 10.7. The number of benzene rings is 1. The number of nitrogens with two attached hydrogens (primary N) is 1. The van der Waals surface area contributed by atoms with Crippen LogP contribution in [0.3, 0.4) is 0 Å². The predicted molar refractivity (Wildman–Crippen MR) is 52.8 cm³/mol. The van der Waals surface area contributed by atoms with Gasteiger partial charge in [0.25, 0.3) is 0 Å². The lowest BCUT2D eigenvalue weighted by Crippen LogP contribution is -2.16. The quantitative estimate of drug-likeness (QED) is 0.685. The third-order valence-electron chi connectivity index (χ3n) is 2.19. The first-order chi connectivity index (χ1) is 6.74. The van der Waals surface area contributed by atoms with Gasteiger partial charge in [-0.2, -0.15) is 0 Å². The Labute approximate surface area is 82.1 Å². The molecule has 0 bridgehead atoms. The Morgan fingerprint density at radius 2 is 2.14 bits per heavy atom. The van der Waals surface area contributed by atoms with Crippen molar-refractivity contribution in [2.45, 2.75) is 12.5 Å². The van der Waals surface area contributed by atoms with E-state index in [1.807, 2.05) is 24.3 Å². The van der Waals surface area contributed by atoms with Crippen molar-refractivity contribution in [3.63, 3.8) is 0 Å². The molecule has 4 heteroatoms. The Kier molecular flexibility index (Phi) is 2.26. The smallest absolute Gasteiger partial charge is 0.407 e. The van der Waals surface area contributed by atoms with Crippen LogP contribution in [-0.4, -0.2) is 18.7 Å².